The van der Waals surface area contributed by atoms with Gasteiger partial charge in [0, 0.05) is 0 Å². The van der Waals surface area contributed by atoms with Crippen LogP contribution >= 0.6 is 11.8 Å². The Morgan fingerprint density at radius 1 is 1.31 bits per heavy atom. The van der Waals surface area contributed by atoms with Crippen LogP contribution in [0.25, 0.3) is 5.69 Å². The molecule has 0 spiro atoms. The first kappa shape index (κ1) is 10.8. The summed E-state index contributed by atoms with van der Waals surface area (Å²) in [5.41, 5.74) is 0.451. The molecule has 4 nitrogen and oxygen atoms in total. The summed E-state index contributed by atoms with van der Waals surface area (Å²) in [5, 5.41) is 9.73. The van der Waals surface area contributed by atoms with Crippen LogP contribution in [0.2, 0.25) is 0 Å². The Morgan fingerprint density at radius 3 is 2.62 bits per heavy atom. The second kappa shape index (κ2) is 4.40. The van der Waals surface area contributed by atoms with Crippen LogP contribution in [0.3, 0.4) is 0 Å². The zero-order valence-corrected chi connectivity index (χ0v) is 9.44. The summed E-state index contributed by atoms with van der Waals surface area (Å²) in [4.78, 5) is 15.7. The van der Waals surface area contributed by atoms with Crippen molar-refractivity contribution in [2.75, 3.05) is 6.26 Å². The van der Waals surface area contributed by atoms with Gasteiger partial charge in [-0.15, -0.1) is 0 Å². The summed E-state index contributed by atoms with van der Waals surface area (Å²) in [6.45, 7) is 0. The lowest BCUT2D eigenvalue weighted by Gasteiger charge is -2.09. The van der Waals surface area contributed by atoms with Gasteiger partial charge in [-0.3, -0.25) is 9.36 Å². The Bertz CT molecular complexity index is 552. The maximum absolute atomic E-state index is 11.8. The lowest BCUT2D eigenvalue weighted by atomic mass is 10.3. The summed E-state index contributed by atoms with van der Waals surface area (Å²) in [6.07, 6.45) is 1.81. The molecular weight excluding hydrogens is 224 g/mol. The van der Waals surface area contributed by atoms with Gasteiger partial charge in [0.1, 0.15) is 0 Å². The van der Waals surface area contributed by atoms with E-state index in [4.69, 9.17) is 0 Å². The van der Waals surface area contributed by atoms with Gasteiger partial charge in [-0.1, -0.05) is 30.0 Å². The third-order valence-electron chi connectivity index (χ3n) is 2.07. The largest absolute Gasteiger partial charge is 0.493 e. The van der Waals surface area contributed by atoms with Crippen LogP contribution in [0.1, 0.15) is 0 Å². The van der Waals surface area contributed by atoms with E-state index in [0.717, 1.165) is 11.8 Å². The molecule has 1 aromatic carbocycles. The zero-order valence-electron chi connectivity index (χ0n) is 8.62. The van der Waals surface area contributed by atoms with Crippen LogP contribution in [0.15, 0.2) is 46.3 Å². The number of aromatic nitrogens is 2. The zero-order chi connectivity index (χ0) is 11.5. The minimum absolute atomic E-state index is 0.249. The molecule has 0 aliphatic carbocycles. The molecule has 0 saturated heterocycles. The fourth-order valence-corrected chi connectivity index (χ4v) is 1.96. The molecule has 0 unspecified atom stereocenters. The van der Waals surface area contributed by atoms with Crippen molar-refractivity contribution in [3.05, 3.63) is 46.8 Å². The molecule has 0 aliphatic rings. The second-order valence-electron chi connectivity index (χ2n) is 3.11. The number of hydrogen-bond acceptors (Lipinski definition) is 4. The van der Waals surface area contributed by atoms with Crippen molar-refractivity contribution in [3.8, 4) is 11.6 Å². The first-order chi connectivity index (χ1) is 7.72. The third-order valence-corrected chi connectivity index (χ3v) is 2.71. The maximum atomic E-state index is 11.8. The van der Waals surface area contributed by atoms with Gasteiger partial charge in [0.2, 0.25) is 5.88 Å². The number of aromatic hydroxyl groups is 1. The monoisotopic (exact) mass is 234 g/mol. The quantitative estimate of drug-likeness (QED) is 0.634. The molecular formula is C11H10N2O2S. The van der Waals surface area contributed by atoms with Gasteiger partial charge in [0.05, 0.1) is 11.8 Å². The number of rotatable bonds is 2. The first-order valence-corrected chi connectivity index (χ1v) is 5.87. The highest BCUT2D eigenvalue weighted by Gasteiger charge is 2.08. The van der Waals surface area contributed by atoms with Crippen molar-refractivity contribution in [2.45, 2.75) is 5.16 Å². The van der Waals surface area contributed by atoms with E-state index >= 15 is 0 Å². The van der Waals surface area contributed by atoms with Crippen LogP contribution < -0.4 is 5.56 Å². The molecule has 1 heterocycles. The molecule has 2 rings (SSSR count). The van der Waals surface area contributed by atoms with E-state index in [-0.39, 0.29) is 11.4 Å². The van der Waals surface area contributed by atoms with Gasteiger partial charge in [0.25, 0.3) is 5.56 Å². The molecule has 1 aromatic heterocycles. The molecule has 5 heteroatoms. The van der Waals surface area contributed by atoms with Crippen molar-refractivity contribution in [1.29, 1.82) is 0 Å². The van der Waals surface area contributed by atoms with E-state index in [1.54, 1.807) is 6.26 Å². The molecule has 0 atom stereocenters. The normalized spacial score (nSPS) is 10.3. The summed E-state index contributed by atoms with van der Waals surface area (Å²) in [5.74, 6) is -0.249. The Labute approximate surface area is 96.6 Å². The van der Waals surface area contributed by atoms with Crippen molar-refractivity contribution in [2.24, 2.45) is 0 Å². The summed E-state index contributed by atoms with van der Waals surface area (Å²) < 4.78 is 1.46. The van der Waals surface area contributed by atoms with Gasteiger partial charge in [-0.2, -0.15) is 4.98 Å². The van der Waals surface area contributed by atoms with Crippen LogP contribution in [0.5, 0.6) is 5.88 Å². The van der Waals surface area contributed by atoms with Crippen LogP contribution in [-0.4, -0.2) is 20.9 Å². The fourth-order valence-electron chi connectivity index (χ4n) is 1.40. The molecule has 0 bridgehead atoms. The van der Waals surface area contributed by atoms with Gasteiger partial charge < -0.3 is 5.11 Å². The molecule has 2 aromatic rings. The van der Waals surface area contributed by atoms with Crippen LogP contribution in [-0.2, 0) is 0 Å². The average molecular weight is 234 g/mol. The number of thioether (sulfide) groups is 1. The minimum atomic E-state index is -0.289. The standard InChI is InChI=1S/C11H10N2O2S/c1-16-11-12-9(14)7-10(15)13(11)8-5-3-2-4-6-8/h2-7,14H,1H3. The van der Waals surface area contributed by atoms with Crippen molar-refractivity contribution < 1.29 is 5.11 Å². The number of nitrogens with zero attached hydrogens (tertiary/aromatic N) is 2. The number of para-hydroxylation sites is 1. The highest BCUT2D eigenvalue weighted by atomic mass is 32.2. The highest BCUT2D eigenvalue weighted by molar-refractivity contribution is 7.98. The summed E-state index contributed by atoms with van der Waals surface area (Å²) in [7, 11) is 0. The second-order valence-corrected chi connectivity index (χ2v) is 3.88. The summed E-state index contributed by atoms with van der Waals surface area (Å²) in [6, 6.07) is 10.3. The van der Waals surface area contributed by atoms with E-state index in [1.165, 1.54) is 16.3 Å². The SMILES string of the molecule is CSc1nc(O)cc(=O)n1-c1ccccc1. The average Bonchev–Trinajstić information content (AvgIpc) is 2.29. The Balaban J connectivity index is 2.69. The van der Waals surface area contributed by atoms with E-state index < -0.39 is 0 Å². The molecule has 16 heavy (non-hydrogen) atoms. The Hall–Kier alpha value is -1.75. The third kappa shape index (κ3) is 1.94. The molecule has 0 saturated carbocycles. The molecule has 1 N–H and O–H groups in total. The van der Waals surface area contributed by atoms with Crippen LogP contribution in [0, 0.1) is 0 Å². The van der Waals surface area contributed by atoms with E-state index in [0.29, 0.717) is 5.16 Å². The van der Waals surface area contributed by atoms with E-state index in [2.05, 4.69) is 4.98 Å². The van der Waals surface area contributed by atoms with E-state index in [1.807, 2.05) is 30.3 Å². The first-order valence-electron chi connectivity index (χ1n) is 4.65. The Kier molecular flexibility index (Phi) is 2.96. The molecule has 0 aliphatic heterocycles. The highest BCUT2D eigenvalue weighted by Crippen LogP contribution is 2.17. The number of hydrogen-bond donors (Lipinski definition) is 1. The smallest absolute Gasteiger partial charge is 0.262 e. The van der Waals surface area contributed by atoms with Gasteiger partial charge in [-0.25, -0.2) is 0 Å². The molecule has 82 valence electrons. The number of benzene rings is 1. The lowest BCUT2D eigenvalue weighted by molar-refractivity contribution is 0.441. The summed E-state index contributed by atoms with van der Waals surface area (Å²) >= 11 is 1.31. The molecule has 0 amide bonds. The van der Waals surface area contributed by atoms with Gasteiger partial charge in [0.15, 0.2) is 5.16 Å². The predicted molar refractivity (Wildman–Crippen MR) is 63.3 cm³/mol. The van der Waals surface area contributed by atoms with Crippen molar-refractivity contribution >= 4 is 11.8 Å². The minimum Gasteiger partial charge on any atom is -0.493 e. The van der Waals surface area contributed by atoms with Crippen molar-refractivity contribution in [1.82, 2.24) is 9.55 Å². The topological polar surface area (TPSA) is 55.1 Å². The lowest BCUT2D eigenvalue weighted by Crippen LogP contribution is -2.19. The van der Waals surface area contributed by atoms with Crippen LogP contribution in [0.4, 0.5) is 0 Å². The maximum Gasteiger partial charge on any atom is 0.262 e. The van der Waals surface area contributed by atoms with Gasteiger partial charge in [-0.05, 0) is 18.4 Å². The Morgan fingerprint density at radius 2 is 2.00 bits per heavy atom. The molecule has 0 radical (unpaired) electrons. The predicted octanol–water partition coefficient (Wildman–Crippen LogP) is 1.66. The molecule has 0 fully saturated rings. The van der Waals surface area contributed by atoms with E-state index in [9.17, 15) is 9.90 Å². The van der Waals surface area contributed by atoms with Gasteiger partial charge >= 0.3 is 0 Å². The van der Waals surface area contributed by atoms with Crippen molar-refractivity contribution in [3.63, 3.8) is 0 Å². The fraction of sp³-hybridized carbons (Fsp3) is 0.0909.